The molecule has 1 rings (SSSR count). The monoisotopic (exact) mass is 416 g/mol. The van der Waals surface area contributed by atoms with Crippen molar-refractivity contribution in [2.75, 3.05) is 60.6 Å². The topological polar surface area (TPSA) is 67.4 Å². The number of rotatable bonds is 14. The fourth-order valence-corrected chi connectivity index (χ4v) is 2.65. The third-order valence-electron chi connectivity index (χ3n) is 4.13. The van der Waals surface area contributed by atoms with Crippen molar-refractivity contribution in [3.8, 4) is 11.5 Å². The molecule has 0 aliphatic heterocycles. The van der Waals surface area contributed by atoms with E-state index in [4.69, 9.17) is 9.47 Å². The number of methoxy groups -OCH3 is 2. The zero-order valence-corrected chi connectivity index (χ0v) is 17.8. The summed E-state index contributed by atoms with van der Waals surface area (Å²) in [5, 5.41) is 6.47. The van der Waals surface area contributed by atoms with Crippen molar-refractivity contribution in [1.29, 1.82) is 0 Å². The van der Waals surface area contributed by atoms with Crippen LogP contribution >= 0.6 is 0 Å². The van der Waals surface area contributed by atoms with Gasteiger partial charge in [0.25, 0.3) is 0 Å². The number of hydrogen-bond acceptors (Lipinski definition) is 5. The Hall–Kier alpha value is -2.13. The lowest BCUT2D eigenvalue weighted by atomic mass is 10.1. The van der Waals surface area contributed by atoms with Crippen LogP contribution in [0.4, 0.5) is 8.78 Å². The van der Waals surface area contributed by atoms with Gasteiger partial charge in [-0.3, -0.25) is 4.99 Å². The van der Waals surface area contributed by atoms with Crippen molar-refractivity contribution >= 4 is 5.96 Å². The number of halogens is 2. The molecule has 0 atom stereocenters. The minimum absolute atomic E-state index is 0.0390. The Morgan fingerprint density at radius 3 is 2.62 bits per heavy atom. The number of benzene rings is 1. The minimum Gasteiger partial charge on any atom is -0.493 e. The Morgan fingerprint density at radius 1 is 1.17 bits per heavy atom. The van der Waals surface area contributed by atoms with E-state index in [-0.39, 0.29) is 11.5 Å². The molecule has 9 heteroatoms. The summed E-state index contributed by atoms with van der Waals surface area (Å²) in [7, 11) is 5.19. The van der Waals surface area contributed by atoms with Crippen LogP contribution in [0.3, 0.4) is 0 Å². The quantitative estimate of drug-likeness (QED) is 0.276. The molecule has 1 aromatic rings. The molecular formula is C20H34F2N4O3. The van der Waals surface area contributed by atoms with Gasteiger partial charge in [-0.15, -0.1) is 0 Å². The first-order valence-corrected chi connectivity index (χ1v) is 9.81. The van der Waals surface area contributed by atoms with Crippen molar-refractivity contribution in [2.24, 2.45) is 4.99 Å². The molecule has 0 aliphatic rings. The number of guanidine groups is 1. The van der Waals surface area contributed by atoms with Gasteiger partial charge < -0.3 is 29.7 Å². The lowest BCUT2D eigenvalue weighted by Crippen LogP contribution is -2.39. The summed E-state index contributed by atoms with van der Waals surface area (Å²) in [6.45, 7) is 3.73. The second kappa shape index (κ2) is 14.8. The molecule has 0 bridgehead atoms. The van der Waals surface area contributed by atoms with Gasteiger partial charge in [0.2, 0.25) is 0 Å². The summed E-state index contributed by atoms with van der Waals surface area (Å²) in [6, 6.07) is 5.04. The van der Waals surface area contributed by atoms with Gasteiger partial charge in [0.1, 0.15) is 0 Å². The van der Waals surface area contributed by atoms with Crippen molar-refractivity contribution < 1.29 is 23.0 Å². The molecule has 0 amide bonds. The van der Waals surface area contributed by atoms with E-state index in [9.17, 15) is 8.78 Å². The van der Waals surface area contributed by atoms with E-state index in [2.05, 4.69) is 32.3 Å². The van der Waals surface area contributed by atoms with E-state index >= 15 is 0 Å². The summed E-state index contributed by atoms with van der Waals surface area (Å²) in [5.41, 5.74) is 0.864. The maximum atomic E-state index is 12.5. The van der Waals surface area contributed by atoms with Gasteiger partial charge >= 0.3 is 6.61 Å². The predicted octanol–water partition coefficient (Wildman–Crippen LogP) is 2.36. The highest BCUT2D eigenvalue weighted by atomic mass is 19.3. The lowest BCUT2D eigenvalue weighted by molar-refractivity contribution is -0.0512. The van der Waals surface area contributed by atoms with Crippen LogP contribution in [-0.2, 0) is 11.2 Å². The van der Waals surface area contributed by atoms with Gasteiger partial charge in [-0.2, -0.15) is 8.78 Å². The third-order valence-corrected chi connectivity index (χ3v) is 4.13. The average Bonchev–Trinajstić information content (AvgIpc) is 2.68. The van der Waals surface area contributed by atoms with Crippen molar-refractivity contribution in [2.45, 2.75) is 26.4 Å². The van der Waals surface area contributed by atoms with Gasteiger partial charge in [0.05, 0.1) is 13.7 Å². The molecule has 0 saturated heterocycles. The molecule has 0 aromatic heterocycles. The first-order valence-electron chi connectivity index (χ1n) is 9.81. The third kappa shape index (κ3) is 10.8. The molecule has 2 N–H and O–H groups in total. The Labute approximate surface area is 172 Å². The summed E-state index contributed by atoms with van der Waals surface area (Å²) >= 11 is 0. The van der Waals surface area contributed by atoms with E-state index in [1.54, 1.807) is 19.2 Å². The first kappa shape index (κ1) is 24.9. The average molecular weight is 417 g/mol. The molecule has 0 fully saturated rings. The van der Waals surface area contributed by atoms with Gasteiger partial charge in [-0.05, 0) is 44.5 Å². The number of likely N-dealkylation sites (N-methyl/N-ethyl adjacent to an activating group) is 1. The molecule has 0 unspecified atom stereocenters. The summed E-state index contributed by atoms with van der Waals surface area (Å²) in [6.07, 6.45) is 1.62. The number of aliphatic imine (C=N–C) groups is 1. The molecule has 0 radical (unpaired) electrons. The van der Waals surface area contributed by atoms with Gasteiger partial charge in [-0.1, -0.05) is 6.07 Å². The minimum atomic E-state index is -2.89. The van der Waals surface area contributed by atoms with Crippen molar-refractivity contribution in [1.82, 2.24) is 15.5 Å². The fourth-order valence-electron chi connectivity index (χ4n) is 2.65. The second-order valence-electron chi connectivity index (χ2n) is 6.45. The van der Waals surface area contributed by atoms with Crippen LogP contribution in [0.5, 0.6) is 11.5 Å². The highest BCUT2D eigenvalue weighted by molar-refractivity contribution is 5.79. The van der Waals surface area contributed by atoms with E-state index in [0.717, 1.165) is 44.2 Å². The molecule has 0 spiro atoms. The normalized spacial score (nSPS) is 11.8. The molecule has 7 nitrogen and oxygen atoms in total. The maximum Gasteiger partial charge on any atom is 0.387 e. The zero-order chi connectivity index (χ0) is 21.5. The Bertz CT molecular complexity index is 603. The summed E-state index contributed by atoms with van der Waals surface area (Å²) in [4.78, 5) is 6.79. The highest BCUT2D eigenvalue weighted by Crippen LogP contribution is 2.29. The van der Waals surface area contributed by atoms with Gasteiger partial charge in [-0.25, -0.2) is 0 Å². The van der Waals surface area contributed by atoms with E-state index in [1.807, 2.05) is 13.0 Å². The number of hydrogen-bond donors (Lipinski definition) is 2. The smallest absolute Gasteiger partial charge is 0.387 e. The van der Waals surface area contributed by atoms with Crippen LogP contribution in [0.2, 0.25) is 0 Å². The molecular weight excluding hydrogens is 382 g/mol. The van der Waals surface area contributed by atoms with E-state index in [0.29, 0.717) is 19.5 Å². The van der Waals surface area contributed by atoms with Gasteiger partial charge in [0, 0.05) is 39.9 Å². The van der Waals surface area contributed by atoms with Crippen LogP contribution in [-0.4, -0.2) is 78.1 Å². The number of nitrogens with zero attached hydrogens (tertiary/aromatic N) is 2. The molecule has 0 saturated carbocycles. The van der Waals surface area contributed by atoms with E-state index < -0.39 is 6.61 Å². The zero-order valence-electron chi connectivity index (χ0n) is 17.8. The van der Waals surface area contributed by atoms with Gasteiger partial charge in [0.15, 0.2) is 17.5 Å². The molecule has 29 heavy (non-hydrogen) atoms. The SMILES string of the molecule is CCNC(=NCCN(C)CCCOC)NCCc1ccc(OC)c(OC(F)F)c1. The first-order chi connectivity index (χ1) is 14.0. The second-order valence-corrected chi connectivity index (χ2v) is 6.45. The Morgan fingerprint density at radius 2 is 1.97 bits per heavy atom. The molecule has 0 heterocycles. The van der Waals surface area contributed by atoms with Crippen LogP contribution in [0.1, 0.15) is 18.9 Å². The number of ether oxygens (including phenoxy) is 3. The van der Waals surface area contributed by atoms with Crippen molar-refractivity contribution in [3.63, 3.8) is 0 Å². The van der Waals surface area contributed by atoms with Crippen LogP contribution in [0.25, 0.3) is 0 Å². The fraction of sp³-hybridized carbons (Fsp3) is 0.650. The predicted molar refractivity (Wildman–Crippen MR) is 111 cm³/mol. The van der Waals surface area contributed by atoms with Crippen LogP contribution in [0, 0.1) is 0 Å². The van der Waals surface area contributed by atoms with E-state index in [1.165, 1.54) is 7.11 Å². The standard InChI is InChI=1S/C20H34F2N4O3/c1-5-23-20(25-11-13-26(2)12-6-14-27-3)24-10-9-16-7-8-17(28-4)18(15-16)29-19(21)22/h7-8,15,19H,5-6,9-14H2,1-4H3,(H2,23,24,25). The Kier molecular flexibility index (Phi) is 12.7. The summed E-state index contributed by atoms with van der Waals surface area (Å²) in [5.74, 6) is 1.05. The Balaban J connectivity index is 2.51. The highest BCUT2D eigenvalue weighted by Gasteiger charge is 2.11. The molecule has 166 valence electrons. The van der Waals surface area contributed by atoms with Crippen LogP contribution in [0.15, 0.2) is 23.2 Å². The number of nitrogens with one attached hydrogen (secondary N) is 2. The largest absolute Gasteiger partial charge is 0.493 e. The molecule has 0 aliphatic carbocycles. The lowest BCUT2D eigenvalue weighted by Gasteiger charge is -2.16. The summed E-state index contributed by atoms with van der Waals surface area (Å²) < 4.78 is 39.7. The van der Waals surface area contributed by atoms with Crippen molar-refractivity contribution in [3.05, 3.63) is 23.8 Å². The number of alkyl halides is 2. The maximum absolute atomic E-state index is 12.5. The van der Waals surface area contributed by atoms with Crippen LogP contribution < -0.4 is 20.1 Å². The molecule has 1 aromatic carbocycles.